The van der Waals surface area contributed by atoms with Gasteiger partial charge >= 0.3 is 5.97 Å². The first-order valence-electron chi connectivity index (χ1n) is 15.7. The number of unbranched alkanes of at least 4 members (excludes halogenated alkanes) is 1. The Morgan fingerprint density at radius 1 is 0.740 bits per heavy atom. The van der Waals surface area contributed by atoms with Crippen molar-refractivity contribution in [1.82, 2.24) is 5.32 Å². The fourth-order valence-electron chi connectivity index (χ4n) is 4.58. The quantitative estimate of drug-likeness (QED) is 0.0498. The van der Waals surface area contributed by atoms with Gasteiger partial charge in [-0.15, -0.1) is 11.8 Å². The van der Waals surface area contributed by atoms with E-state index in [4.69, 9.17) is 18.9 Å². The number of thioether (sulfide) groups is 1. The molecule has 0 saturated carbocycles. The van der Waals surface area contributed by atoms with Crippen molar-refractivity contribution >= 4 is 52.9 Å². The summed E-state index contributed by atoms with van der Waals surface area (Å²) in [6.45, 7) is 2.39. The Morgan fingerprint density at radius 2 is 1.44 bits per heavy atom. The molecule has 260 valence electrons. The zero-order chi connectivity index (χ0) is 35.9. The minimum Gasteiger partial charge on any atom is -0.493 e. The van der Waals surface area contributed by atoms with Gasteiger partial charge in [-0.1, -0.05) is 37.6 Å². The standard InChI is InChI=1S/C38H39N3O8S/c1-5-6-19-49-38(45)27-15-17-28(18-16-27)39-34(42)24-50-30-14-10-13-29(23-30)40-37(44)31(41-36(43)26-11-8-7-9-12-26)20-25-21-32(46-2)35(48-4)33(22-25)47-3/h7-18,20-23H,5-6,19,24H2,1-4H3,(H,39,42)(H,40,44)(H,41,43)/b31-20+. The van der Waals surface area contributed by atoms with Crippen LogP contribution in [0.25, 0.3) is 6.08 Å². The van der Waals surface area contributed by atoms with Crippen molar-refractivity contribution in [1.29, 1.82) is 0 Å². The number of hydrogen-bond acceptors (Lipinski definition) is 9. The monoisotopic (exact) mass is 697 g/mol. The van der Waals surface area contributed by atoms with Crippen LogP contribution in [0.1, 0.15) is 46.0 Å². The lowest BCUT2D eigenvalue weighted by atomic mass is 10.1. The number of anilines is 2. The highest BCUT2D eigenvalue weighted by atomic mass is 32.2. The molecule has 12 heteroatoms. The third kappa shape index (κ3) is 10.6. The Bertz CT molecular complexity index is 1800. The van der Waals surface area contributed by atoms with E-state index in [1.807, 2.05) is 13.0 Å². The molecule has 0 heterocycles. The molecule has 4 aromatic carbocycles. The van der Waals surface area contributed by atoms with E-state index in [-0.39, 0.29) is 17.4 Å². The summed E-state index contributed by atoms with van der Waals surface area (Å²) in [5, 5.41) is 8.37. The Labute approximate surface area is 295 Å². The molecule has 0 saturated heterocycles. The third-order valence-corrected chi connectivity index (χ3v) is 8.12. The number of carbonyl (C=O) groups is 4. The number of methoxy groups -OCH3 is 3. The van der Waals surface area contributed by atoms with Crippen LogP contribution in [0, 0.1) is 0 Å². The van der Waals surface area contributed by atoms with Gasteiger partial charge in [0, 0.05) is 21.8 Å². The molecule has 11 nitrogen and oxygen atoms in total. The largest absolute Gasteiger partial charge is 0.493 e. The Hall–Kier alpha value is -5.75. The molecule has 4 aromatic rings. The maximum absolute atomic E-state index is 13.6. The van der Waals surface area contributed by atoms with E-state index in [2.05, 4.69) is 16.0 Å². The van der Waals surface area contributed by atoms with Crippen LogP contribution in [-0.2, 0) is 14.3 Å². The molecule has 4 rings (SSSR count). The minimum absolute atomic E-state index is 0.0363. The Balaban J connectivity index is 1.45. The van der Waals surface area contributed by atoms with Gasteiger partial charge in [-0.3, -0.25) is 14.4 Å². The van der Waals surface area contributed by atoms with Crippen molar-refractivity contribution in [2.24, 2.45) is 0 Å². The van der Waals surface area contributed by atoms with E-state index in [0.29, 0.717) is 51.9 Å². The van der Waals surface area contributed by atoms with Crippen LogP contribution < -0.4 is 30.2 Å². The van der Waals surface area contributed by atoms with Crippen molar-refractivity contribution in [2.45, 2.75) is 24.7 Å². The fraction of sp³-hybridized carbons (Fsp3) is 0.211. The van der Waals surface area contributed by atoms with Gasteiger partial charge in [-0.25, -0.2) is 4.79 Å². The number of benzene rings is 4. The summed E-state index contributed by atoms with van der Waals surface area (Å²) in [6.07, 6.45) is 3.24. The van der Waals surface area contributed by atoms with E-state index in [1.165, 1.54) is 39.2 Å². The van der Waals surface area contributed by atoms with E-state index in [9.17, 15) is 19.2 Å². The first-order valence-corrected chi connectivity index (χ1v) is 16.7. The van der Waals surface area contributed by atoms with Crippen LogP contribution in [0.15, 0.2) is 102 Å². The summed E-state index contributed by atoms with van der Waals surface area (Å²) in [5.41, 5.74) is 2.25. The van der Waals surface area contributed by atoms with E-state index < -0.39 is 17.8 Å². The van der Waals surface area contributed by atoms with Crippen molar-refractivity contribution in [3.05, 3.63) is 113 Å². The Kier molecular flexibility index (Phi) is 13.9. The summed E-state index contributed by atoms with van der Waals surface area (Å²) in [7, 11) is 4.45. The van der Waals surface area contributed by atoms with Crippen LogP contribution in [0.2, 0.25) is 0 Å². The van der Waals surface area contributed by atoms with Crippen molar-refractivity contribution in [2.75, 3.05) is 44.3 Å². The van der Waals surface area contributed by atoms with Gasteiger partial charge in [0.25, 0.3) is 11.8 Å². The SMILES string of the molecule is CCCCOC(=O)c1ccc(NC(=O)CSc2cccc(NC(=O)/C(=C\c3cc(OC)c(OC)c(OC)c3)NC(=O)c3ccccc3)c2)cc1. The number of amides is 3. The molecular formula is C38H39N3O8S. The van der Waals surface area contributed by atoms with Gasteiger partial charge in [-0.05, 0) is 84.8 Å². The van der Waals surface area contributed by atoms with E-state index in [1.54, 1.807) is 84.9 Å². The second kappa shape index (κ2) is 18.7. The van der Waals surface area contributed by atoms with Gasteiger partial charge in [-0.2, -0.15) is 0 Å². The molecule has 0 atom stereocenters. The molecule has 0 bridgehead atoms. The predicted octanol–water partition coefficient (Wildman–Crippen LogP) is 6.81. The van der Waals surface area contributed by atoms with Gasteiger partial charge < -0.3 is 34.9 Å². The Morgan fingerprint density at radius 3 is 2.08 bits per heavy atom. The number of hydrogen-bond donors (Lipinski definition) is 3. The van der Waals surface area contributed by atoms with E-state index >= 15 is 0 Å². The molecule has 0 spiro atoms. The summed E-state index contributed by atoms with van der Waals surface area (Å²) in [6, 6.07) is 25.3. The maximum Gasteiger partial charge on any atom is 0.338 e. The molecule has 0 unspecified atom stereocenters. The second-order valence-electron chi connectivity index (χ2n) is 10.7. The molecule has 0 radical (unpaired) electrons. The van der Waals surface area contributed by atoms with E-state index in [0.717, 1.165) is 17.7 Å². The normalized spacial score (nSPS) is 10.8. The van der Waals surface area contributed by atoms with Crippen molar-refractivity contribution in [3.8, 4) is 17.2 Å². The zero-order valence-electron chi connectivity index (χ0n) is 28.2. The molecule has 3 amide bonds. The van der Waals surface area contributed by atoms with Crippen LogP contribution in [0.4, 0.5) is 11.4 Å². The average molecular weight is 698 g/mol. The molecule has 0 aliphatic rings. The number of rotatable bonds is 16. The number of esters is 1. The summed E-state index contributed by atoms with van der Waals surface area (Å²) >= 11 is 1.28. The number of carbonyl (C=O) groups excluding carboxylic acids is 4. The fourth-order valence-corrected chi connectivity index (χ4v) is 5.34. The predicted molar refractivity (Wildman–Crippen MR) is 194 cm³/mol. The lowest BCUT2D eigenvalue weighted by Crippen LogP contribution is -2.30. The molecule has 0 fully saturated rings. The first-order chi connectivity index (χ1) is 24.2. The highest BCUT2D eigenvalue weighted by molar-refractivity contribution is 8.00. The molecule has 3 N–H and O–H groups in total. The highest BCUT2D eigenvalue weighted by Gasteiger charge is 2.18. The molecule has 0 aliphatic carbocycles. The van der Waals surface area contributed by atoms with Crippen molar-refractivity contribution < 1.29 is 38.1 Å². The summed E-state index contributed by atoms with van der Waals surface area (Å²) in [4.78, 5) is 52.3. The van der Waals surface area contributed by atoms with Crippen LogP contribution in [0.3, 0.4) is 0 Å². The molecular weight excluding hydrogens is 658 g/mol. The number of ether oxygens (including phenoxy) is 4. The maximum atomic E-state index is 13.6. The highest BCUT2D eigenvalue weighted by Crippen LogP contribution is 2.38. The smallest absolute Gasteiger partial charge is 0.338 e. The van der Waals surface area contributed by atoms with Gasteiger partial charge in [0.1, 0.15) is 5.70 Å². The topological polar surface area (TPSA) is 141 Å². The van der Waals surface area contributed by atoms with Crippen molar-refractivity contribution in [3.63, 3.8) is 0 Å². The number of nitrogens with one attached hydrogen (secondary N) is 3. The third-order valence-electron chi connectivity index (χ3n) is 7.12. The first kappa shape index (κ1) is 37.1. The average Bonchev–Trinajstić information content (AvgIpc) is 3.14. The molecule has 0 aromatic heterocycles. The summed E-state index contributed by atoms with van der Waals surface area (Å²) in [5.74, 6) is -0.481. The van der Waals surface area contributed by atoms with Gasteiger partial charge in [0.2, 0.25) is 11.7 Å². The van der Waals surface area contributed by atoms with Crippen LogP contribution in [0.5, 0.6) is 17.2 Å². The lowest BCUT2D eigenvalue weighted by molar-refractivity contribution is -0.114. The van der Waals surface area contributed by atoms with Crippen LogP contribution >= 0.6 is 11.8 Å². The molecule has 50 heavy (non-hydrogen) atoms. The second-order valence-corrected chi connectivity index (χ2v) is 11.8. The molecule has 0 aliphatic heterocycles. The zero-order valence-corrected chi connectivity index (χ0v) is 29.1. The van der Waals surface area contributed by atoms with Crippen LogP contribution in [-0.4, -0.2) is 57.4 Å². The lowest BCUT2D eigenvalue weighted by Gasteiger charge is -2.15. The van der Waals surface area contributed by atoms with Gasteiger partial charge in [0.15, 0.2) is 11.5 Å². The van der Waals surface area contributed by atoms with Gasteiger partial charge in [0.05, 0.1) is 39.3 Å². The summed E-state index contributed by atoms with van der Waals surface area (Å²) < 4.78 is 21.5. The minimum atomic E-state index is -0.583.